The van der Waals surface area contributed by atoms with E-state index in [1.54, 1.807) is 20.3 Å². The zero-order valence-electron chi connectivity index (χ0n) is 12.1. The van der Waals surface area contributed by atoms with Crippen LogP contribution in [0.1, 0.15) is 32.4 Å². The fraction of sp³-hybridized carbons (Fsp3) is 0.571. The Labute approximate surface area is 121 Å². The fourth-order valence-corrected chi connectivity index (χ4v) is 1.80. The first kappa shape index (κ1) is 18.0. The molecule has 0 aromatic heterocycles. The van der Waals surface area contributed by atoms with E-state index in [4.69, 9.17) is 15.2 Å². The average molecular weight is 290 g/mol. The van der Waals surface area contributed by atoms with Gasteiger partial charge in [-0.1, -0.05) is 20.8 Å². The van der Waals surface area contributed by atoms with Crippen molar-refractivity contribution in [1.82, 2.24) is 0 Å². The smallest absolute Gasteiger partial charge is 0.127 e. The molecule has 5 heteroatoms. The molecule has 0 aliphatic carbocycles. The zero-order valence-corrected chi connectivity index (χ0v) is 13.0. The predicted molar refractivity (Wildman–Crippen MR) is 79.2 cm³/mol. The van der Waals surface area contributed by atoms with Gasteiger partial charge in [0.1, 0.15) is 11.5 Å². The Bertz CT molecular complexity index is 404. The highest BCUT2D eigenvalue weighted by Crippen LogP contribution is 2.34. The molecule has 3 N–H and O–H groups in total. The SMILES string of the molecule is COc1ccc([C@H](N)[C@H](O)C(C)(C)C)c(OC)c1.Cl. The number of methoxy groups -OCH3 is 2. The van der Waals surface area contributed by atoms with Crippen LogP contribution in [-0.2, 0) is 0 Å². The molecule has 1 rings (SSSR count). The van der Waals surface area contributed by atoms with Crippen molar-refractivity contribution < 1.29 is 14.6 Å². The number of hydrogen-bond donors (Lipinski definition) is 2. The van der Waals surface area contributed by atoms with Crippen LogP contribution in [0.5, 0.6) is 11.5 Å². The molecule has 0 aliphatic rings. The van der Waals surface area contributed by atoms with Gasteiger partial charge < -0.3 is 20.3 Å². The van der Waals surface area contributed by atoms with E-state index in [1.165, 1.54) is 0 Å². The lowest BCUT2D eigenvalue weighted by atomic mass is 9.82. The van der Waals surface area contributed by atoms with E-state index in [-0.39, 0.29) is 17.8 Å². The van der Waals surface area contributed by atoms with Crippen LogP contribution in [-0.4, -0.2) is 25.4 Å². The number of hydrogen-bond acceptors (Lipinski definition) is 4. The summed E-state index contributed by atoms with van der Waals surface area (Å²) in [5.41, 5.74) is 6.61. The largest absolute Gasteiger partial charge is 0.497 e. The molecule has 0 heterocycles. The second kappa shape index (κ2) is 6.98. The van der Waals surface area contributed by atoms with Gasteiger partial charge in [0.25, 0.3) is 0 Å². The van der Waals surface area contributed by atoms with Crippen molar-refractivity contribution in [2.45, 2.75) is 32.9 Å². The molecule has 0 amide bonds. The van der Waals surface area contributed by atoms with E-state index in [1.807, 2.05) is 32.9 Å². The zero-order chi connectivity index (χ0) is 13.9. The van der Waals surface area contributed by atoms with Crippen LogP contribution in [0.3, 0.4) is 0 Å². The van der Waals surface area contributed by atoms with Crippen molar-refractivity contribution in [3.05, 3.63) is 23.8 Å². The summed E-state index contributed by atoms with van der Waals surface area (Å²) in [6.07, 6.45) is -0.653. The van der Waals surface area contributed by atoms with Crippen LogP contribution in [0.25, 0.3) is 0 Å². The van der Waals surface area contributed by atoms with Gasteiger partial charge in [-0.3, -0.25) is 0 Å². The molecule has 2 atom stereocenters. The van der Waals surface area contributed by atoms with E-state index >= 15 is 0 Å². The summed E-state index contributed by atoms with van der Waals surface area (Å²) in [6, 6.07) is 4.92. The van der Waals surface area contributed by atoms with Gasteiger partial charge in [-0.15, -0.1) is 12.4 Å². The number of ether oxygens (including phenoxy) is 2. The third kappa shape index (κ3) is 4.27. The molecule has 4 nitrogen and oxygen atoms in total. The van der Waals surface area contributed by atoms with E-state index in [9.17, 15) is 5.11 Å². The summed E-state index contributed by atoms with van der Waals surface area (Å²) < 4.78 is 10.4. The second-order valence-electron chi connectivity index (χ2n) is 5.44. The maximum absolute atomic E-state index is 10.2. The third-order valence-corrected chi connectivity index (χ3v) is 3.03. The van der Waals surface area contributed by atoms with Gasteiger partial charge in [0.2, 0.25) is 0 Å². The van der Waals surface area contributed by atoms with E-state index < -0.39 is 12.1 Å². The number of rotatable bonds is 4. The van der Waals surface area contributed by atoms with Crippen LogP contribution < -0.4 is 15.2 Å². The highest BCUT2D eigenvalue weighted by atomic mass is 35.5. The summed E-state index contributed by atoms with van der Waals surface area (Å²) in [7, 11) is 3.17. The molecule has 0 saturated heterocycles. The first-order valence-electron chi connectivity index (χ1n) is 5.96. The minimum Gasteiger partial charge on any atom is -0.497 e. The average Bonchev–Trinajstić information content (AvgIpc) is 2.35. The molecular formula is C14H24ClNO3. The van der Waals surface area contributed by atoms with Gasteiger partial charge in [0.15, 0.2) is 0 Å². The highest BCUT2D eigenvalue weighted by molar-refractivity contribution is 5.85. The Hall–Kier alpha value is -0.970. The lowest BCUT2D eigenvalue weighted by Crippen LogP contribution is -2.37. The maximum Gasteiger partial charge on any atom is 0.127 e. The van der Waals surface area contributed by atoms with Crippen LogP contribution in [0.2, 0.25) is 0 Å². The molecule has 110 valence electrons. The Morgan fingerprint density at radius 2 is 1.74 bits per heavy atom. The molecule has 0 fully saturated rings. The lowest BCUT2D eigenvalue weighted by molar-refractivity contribution is 0.0394. The topological polar surface area (TPSA) is 64.7 Å². The van der Waals surface area contributed by atoms with Crippen molar-refractivity contribution >= 4 is 12.4 Å². The molecule has 0 spiro atoms. The molecule has 0 aliphatic heterocycles. The van der Waals surface area contributed by atoms with Gasteiger partial charge in [-0.25, -0.2) is 0 Å². The minimum absolute atomic E-state index is 0. The summed E-state index contributed by atoms with van der Waals surface area (Å²) in [5.74, 6) is 1.33. The molecule has 1 aromatic rings. The van der Waals surface area contributed by atoms with Crippen molar-refractivity contribution in [2.75, 3.05) is 14.2 Å². The summed E-state index contributed by atoms with van der Waals surface area (Å²) >= 11 is 0. The van der Waals surface area contributed by atoms with Crippen molar-refractivity contribution in [3.63, 3.8) is 0 Å². The Kier molecular flexibility index (Phi) is 6.63. The standard InChI is InChI=1S/C14H23NO3.ClH/c1-14(2,3)13(16)12(15)10-7-6-9(17-4)8-11(10)18-5;/h6-8,12-13,16H,15H2,1-5H3;1H/t12-,13-;/m0./s1. The molecule has 1 aromatic carbocycles. The van der Waals surface area contributed by atoms with Crippen LogP contribution in [0.15, 0.2) is 18.2 Å². The van der Waals surface area contributed by atoms with Crippen LogP contribution in [0, 0.1) is 5.41 Å². The number of aliphatic hydroxyl groups excluding tert-OH is 1. The number of aliphatic hydroxyl groups is 1. The molecule has 19 heavy (non-hydrogen) atoms. The Morgan fingerprint density at radius 1 is 1.16 bits per heavy atom. The van der Waals surface area contributed by atoms with E-state index in [0.29, 0.717) is 11.5 Å². The maximum atomic E-state index is 10.2. The molecular weight excluding hydrogens is 266 g/mol. The number of halogens is 1. The van der Waals surface area contributed by atoms with Gasteiger partial charge in [0, 0.05) is 11.6 Å². The molecule has 0 unspecified atom stereocenters. The van der Waals surface area contributed by atoms with E-state index in [2.05, 4.69) is 0 Å². The van der Waals surface area contributed by atoms with Crippen molar-refractivity contribution in [2.24, 2.45) is 11.1 Å². The van der Waals surface area contributed by atoms with Crippen molar-refractivity contribution in [3.8, 4) is 11.5 Å². The molecule has 0 saturated carbocycles. The normalized spacial score (nSPS) is 14.3. The quantitative estimate of drug-likeness (QED) is 0.894. The number of nitrogens with two attached hydrogens (primary N) is 1. The minimum atomic E-state index is -0.653. The Morgan fingerprint density at radius 3 is 2.16 bits per heavy atom. The summed E-state index contributed by atoms with van der Waals surface area (Å²) in [6.45, 7) is 5.86. The van der Waals surface area contributed by atoms with Gasteiger partial charge in [-0.2, -0.15) is 0 Å². The monoisotopic (exact) mass is 289 g/mol. The predicted octanol–water partition coefficient (Wildman–Crippen LogP) is 2.53. The lowest BCUT2D eigenvalue weighted by Gasteiger charge is -2.31. The third-order valence-electron chi connectivity index (χ3n) is 3.03. The molecule has 0 radical (unpaired) electrons. The summed E-state index contributed by atoms with van der Waals surface area (Å²) in [5, 5.41) is 10.2. The van der Waals surface area contributed by atoms with E-state index in [0.717, 1.165) is 5.56 Å². The van der Waals surface area contributed by atoms with Gasteiger partial charge in [0.05, 0.1) is 26.4 Å². The second-order valence-corrected chi connectivity index (χ2v) is 5.44. The first-order chi connectivity index (χ1) is 8.31. The highest BCUT2D eigenvalue weighted by Gasteiger charge is 2.30. The fourth-order valence-electron chi connectivity index (χ4n) is 1.80. The van der Waals surface area contributed by atoms with Crippen LogP contribution in [0.4, 0.5) is 0 Å². The first-order valence-corrected chi connectivity index (χ1v) is 5.96. The van der Waals surface area contributed by atoms with Gasteiger partial charge >= 0.3 is 0 Å². The van der Waals surface area contributed by atoms with Crippen molar-refractivity contribution in [1.29, 1.82) is 0 Å². The molecule has 0 bridgehead atoms. The summed E-state index contributed by atoms with van der Waals surface area (Å²) in [4.78, 5) is 0. The number of benzene rings is 1. The van der Waals surface area contributed by atoms with Gasteiger partial charge in [-0.05, 0) is 17.5 Å². The Balaban J connectivity index is 0.00000324. The van der Waals surface area contributed by atoms with Crippen LogP contribution >= 0.6 is 12.4 Å².